The molecule has 1 atom stereocenters. The monoisotopic (exact) mass is 551 g/mol. The van der Waals surface area contributed by atoms with Gasteiger partial charge in [0.25, 0.3) is 0 Å². The van der Waals surface area contributed by atoms with Crippen LogP contribution in [0.2, 0.25) is 0 Å². The third-order valence-electron chi connectivity index (χ3n) is 8.30. The number of para-hydroxylation sites is 1. The molecule has 1 saturated carbocycles. The van der Waals surface area contributed by atoms with Gasteiger partial charge in [0.2, 0.25) is 11.8 Å². The number of imide groups is 1. The number of ketones is 1. The molecule has 0 spiro atoms. The summed E-state index contributed by atoms with van der Waals surface area (Å²) in [6, 6.07) is 6.51. The fourth-order valence-electron chi connectivity index (χ4n) is 6.22. The van der Waals surface area contributed by atoms with Crippen LogP contribution in [0, 0.1) is 11.3 Å². The van der Waals surface area contributed by atoms with Gasteiger partial charge in [0.05, 0.1) is 18.0 Å². The predicted molar refractivity (Wildman–Crippen MR) is 165 cm³/mol. The third kappa shape index (κ3) is 7.63. The molecule has 6 heteroatoms. The van der Waals surface area contributed by atoms with Crippen LogP contribution in [0.15, 0.2) is 18.2 Å². The number of hydrogen-bond donors (Lipinski definition) is 1. The van der Waals surface area contributed by atoms with E-state index in [-0.39, 0.29) is 17.7 Å². The Bertz CT molecular complexity index is 1170. The summed E-state index contributed by atoms with van der Waals surface area (Å²) in [6.45, 7) is 17.4. The molecule has 1 N–H and O–H groups in total. The van der Waals surface area contributed by atoms with Gasteiger partial charge in [-0.3, -0.25) is 24.6 Å². The molecule has 3 heterocycles. The number of rotatable bonds is 6. The van der Waals surface area contributed by atoms with Crippen LogP contribution in [0.25, 0.3) is 10.9 Å². The topological polar surface area (TPSA) is 71.4 Å². The second-order valence-electron chi connectivity index (χ2n) is 13.2. The van der Waals surface area contributed by atoms with Crippen molar-refractivity contribution in [2.24, 2.45) is 18.4 Å². The van der Waals surface area contributed by atoms with Crippen LogP contribution in [-0.2, 0) is 27.9 Å². The Hall–Kier alpha value is -2.47. The van der Waals surface area contributed by atoms with Crippen molar-refractivity contribution in [1.82, 2.24) is 14.8 Å². The minimum absolute atomic E-state index is 0.164. The number of nitrogens with one attached hydrogen (secondary N) is 1. The molecule has 6 nitrogen and oxygen atoms in total. The number of carbonyl (C=O) groups is 3. The molecule has 3 fully saturated rings. The molecule has 222 valence electrons. The van der Waals surface area contributed by atoms with E-state index in [2.05, 4.69) is 74.6 Å². The quantitative estimate of drug-likeness (QED) is 0.397. The van der Waals surface area contributed by atoms with Crippen molar-refractivity contribution in [1.29, 1.82) is 0 Å². The Morgan fingerprint density at radius 1 is 1.00 bits per heavy atom. The zero-order valence-electron chi connectivity index (χ0n) is 26.4. The summed E-state index contributed by atoms with van der Waals surface area (Å²) in [5.41, 5.74) is 5.38. The fraction of sp³-hybridized carbons (Fsp3) is 0.676. The molecular weight excluding hydrogens is 498 g/mol. The molecule has 1 unspecified atom stereocenters. The Kier molecular flexibility index (Phi) is 11.2. The highest BCUT2D eigenvalue weighted by atomic mass is 16.2. The van der Waals surface area contributed by atoms with E-state index in [9.17, 15) is 14.4 Å². The smallest absolute Gasteiger partial charge is 0.234 e. The van der Waals surface area contributed by atoms with Gasteiger partial charge in [-0.2, -0.15) is 0 Å². The molecule has 1 aliphatic carbocycles. The maximum atomic E-state index is 12.7. The van der Waals surface area contributed by atoms with E-state index >= 15 is 0 Å². The second-order valence-corrected chi connectivity index (χ2v) is 13.2. The molecule has 1 aromatic heterocycles. The number of aryl methyl sites for hydroxylation is 1. The van der Waals surface area contributed by atoms with Crippen LogP contribution in [0.3, 0.4) is 0 Å². The summed E-state index contributed by atoms with van der Waals surface area (Å²) < 4.78 is 2.29. The van der Waals surface area contributed by atoms with Gasteiger partial charge in [-0.25, -0.2) is 0 Å². The second kappa shape index (κ2) is 13.9. The molecule has 40 heavy (non-hydrogen) atoms. The lowest BCUT2D eigenvalue weighted by molar-refractivity contribution is -0.134. The van der Waals surface area contributed by atoms with Crippen molar-refractivity contribution in [3.63, 3.8) is 0 Å². The number of nitrogens with zero attached hydrogens (tertiary/aromatic N) is 2. The zero-order valence-corrected chi connectivity index (χ0v) is 26.4. The van der Waals surface area contributed by atoms with Gasteiger partial charge in [-0.1, -0.05) is 73.1 Å². The van der Waals surface area contributed by atoms with Crippen molar-refractivity contribution in [3.05, 3.63) is 35.0 Å². The first-order chi connectivity index (χ1) is 19.0. The number of aromatic nitrogens is 1. The first-order valence-corrected chi connectivity index (χ1v) is 15.7. The first-order valence-electron chi connectivity index (χ1n) is 15.7. The van der Waals surface area contributed by atoms with Crippen LogP contribution in [0.5, 0.6) is 0 Å². The van der Waals surface area contributed by atoms with Crippen LogP contribution >= 0.6 is 0 Å². The van der Waals surface area contributed by atoms with E-state index in [0.29, 0.717) is 42.4 Å². The van der Waals surface area contributed by atoms with Crippen LogP contribution < -0.4 is 5.32 Å². The van der Waals surface area contributed by atoms with Crippen molar-refractivity contribution < 1.29 is 14.4 Å². The largest absolute Gasteiger partial charge is 0.347 e. The molecular formula is C34H53N3O3. The standard InChI is InChI=1S/C27H35N3O3.C5H12.C2H6/c1-3-22-25(21-10-11-24(32)28-27(21)33)20-9-5-8-19(26(20)29(22)2)17-12-14-30(15-13-17)16-23(31)18-6-4-7-18;1-5(2,3)4;1-2/h5,8-9,17-18,21H,3-4,6-7,10-16H2,1-2H3,(H,28,32,33);1-4H3;1-2H3. The molecule has 0 radical (unpaired) electrons. The van der Waals surface area contributed by atoms with E-state index in [4.69, 9.17) is 0 Å². The van der Waals surface area contributed by atoms with Gasteiger partial charge in [-0.05, 0) is 74.1 Å². The molecule has 1 aromatic carbocycles. The van der Waals surface area contributed by atoms with E-state index in [1.807, 2.05) is 13.8 Å². The van der Waals surface area contributed by atoms with Gasteiger partial charge in [-0.15, -0.1) is 0 Å². The summed E-state index contributed by atoms with van der Waals surface area (Å²) in [5.74, 6) is 0.609. The van der Waals surface area contributed by atoms with E-state index in [0.717, 1.165) is 56.1 Å². The summed E-state index contributed by atoms with van der Waals surface area (Å²) in [4.78, 5) is 39.2. The van der Waals surface area contributed by atoms with Crippen molar-refractivity contribution in [2.75, 3.05) is 19.6 Å². The van der Waals surface area contributed by atoms with Gasteiger partial charge < -0.3 is 4.57 Å². The number of carbonyl (C=O) groups excluding carboxylic acids is 3. The highest BCUT2D eigenvalue weighted by Crippen LogP contribution is 2.41. The number of fused-ring (bicyclic) bond motifs is 1. The van der Waals surface area contributed by atoms with Crippen molar-refractivity contribution in [2.45, 2.75) is 112 Å². The minimum Gasteiger partial charge on any atom is -0.347 e. The summed E-state index contributed by atoms with van der Waals surface area (Å²) in [5, 5.41) is 3.70. The number of benzene rings is 1. The normalized spacial score (nSPS) is 20.6. The molecule has 3 aliphatic rings. The number of amides is 2. The highest BCUT2D eigenvalue weighted by molar-refractivity contribution is 6.03. The lowest BCUT2D eigenvalue weighted by Gasteiger charge is -2.34. The summed E-state index contributed by atoms with van der Waals surface area (Å²) in [6.07, 6.45) is 7.30. The average Bonchev–Trinajstić information content (AvgIpc) is 3.15. The lowest BCUT2D eigenvalue weighted by Crippen LogP contribution is -2.40. The van der Waals surface area contributed by atoms with Crippen LogP contribution in [-0.4, -0.2) is 46.7 Å². The number of hydrogen-bond acceptors (Lipinski definition) is 4. The maximum Gasteiger partial charge on any atom is 0.234 e. The molecule has 2 aromatic rings. The predicted octanol–water partition coefficient (Wildman–Crippen LogP) is 6.89. The Morgan fingerprint density at radius 3 is 2.15 bits per heavy atom. The fourth-order valence-corrected chi connectivity index (χ4v) is 6.22. The lowest BCUT2D eigenvalue weighted by atomic mass is 9.81. The average molecular weight is 552 g/mol. The molecule has 5 rings (SSSR count). The van der Waals surface area contributed by atoms with Crippen LogP contribution in [0.4, 0.5) is 0 Å². The Morgan fingerprint density at radius 2 is 1.62 bits per heavy atom. The Balaban J connectivity index is 0.000000570. The van der Waals surface area contributed by atoms with Gasteiger partial charge in [0.1, 0.15) is 5.78 Å². The van der Waals surface area contributed by atoms with E-state index in [1.165, 1.54) is 23.2 Å². The van der Waals surface area contributed by atoms with Gasteiger partial charge in [0.15, 0.2) is 0 Å². The van der Waals surface area contributed by atoms with Gasteiger partial charge in [0, 0.05) is 30.5 Å². The van der Waals surface area contributed by atoms with E-state index in [1.54, 1.807) is 0 Å². The number of likely N-dealkylation sites (tertiary alicyclic amines) is 1. The Labute approximate surface area is 242 Å². The van der Waals surface area contributed by atoms with E-state index < -0.39 is 0 Å². The molecule has 2 saturated heterocycles. The van der Waals surface area contributed by atoms with Crippen molar-refractivity contribution in [3.8, 4) is 0 Å². The minimum atomic E-state index is -0.268. The summed E-state index contributed by atoms with van der Waals surface area (Å²) >= 11 is 0. The number of Topliss-reactive ketones (excluding diaryl/α,β-unsaturated/α-hetero) is 1. The molecule has 2 amide bonds. The SMILES string of the molecule is CC.CC(C)(C)C.CCc1c(C2CCC(=O)NC2=O)c2cccc(C3CCN(CC(=O)C4CCC4)CC3)c2n1C. The van der Waals surface area contributed by atoms with Crippen LogP contribution in [0.1, 0.15) is 122 Å². The first kappa shape index (κ1) is 32.0. The molecule has 2 aliphatic heterocycles. The maximum absolute atomic E-state index is 12.7. The van der Waals surface area contributed by atoms with Gasteiger partial charge >= 0.3 is 0 Å². The zero-order chi connectivity index (χ0) is 29.6. The summed E-state index contributed by atoms with van der Waals surface area (Å²) in [7, 11) is 2.12. The van der Waals surface area contributed by atoms with Crippen molar-refractivity contribution >= 4 is 28.5 Å². The third-order valence-corrected chi connectivity index (χ3v) is 8.30. The highest BCUT2D eigenvalue weighted by Gasteiger charge is 2.34. The number of piperidine rings is 2. The molecule has 0 bridgehead atoms.